The minimum absolute atomic E-state index is 0.0251. The van der Waals surface area contributed by atoms with Crippen molar-refractivity contribution in [3.05, 3.63) is 30.0 Å². The maximum absolute atomic E-state index is 13.1. The SMILES string of the molecule is NC(=O)c1nc(OCC2CCCCC2)cc2c1[nH]c1ccc(S(=O)(=O)NC3CCCCC3)cc12. The molecule has 182 valence electrons. The van der Waals surface area contributed by atoms with Gasteiger partial charge in [0.25, 0.3) is 5.91 Å². The van der Waals surface area contributed by atoms with Crippen LogP contribution in [0.5, 0.6) is 5.88 Å². The fourth-order valence-corrected chi connectivity index (χ4v) is 6.67. The molecule has 5 rings (SSSR count). The molecule has 0 saturated heterocycles. The number of aromatic amines is 1. The number of sulfonamides is 1. The molecule has 0 spiro atoms. The average Bonchev–Trinajstić information content (AvgIpc) is 3.21. The molecule has 1 aromatic carbocycles. The zero-order chi connectivity index (χ0) is 23.7. The Labute approximate surface area is 199 Å². The average molecular weight is 485 g/mol. The van der Waals surface area contributed by atoms with Gasteiger partial charge in [0.15, 0.2) is 5.69 Å². The van der Waals surface area contributed by atoms with E-state index in [1.54, 1.807) is 24.3 Å². The van der Waals surface area contributed by atoms with Gasteiger partial charge < -0.3 is 15.5 Å². The Morgan fingerprint density at radius 3 is 2.44 bits per heavy atom. The van der Waals surface area contributed by atoms with Crippen LogP contribution in [0.4, 0.5) is 0 Å². The lowest BCUT2D eigenvalue weighted by Gasteiger charge is -2.22. The number of carbonyl (C=O) groups is 1. The molecule has 2 aliphatic carbocycles. The van der Waals surface area contributed by atoms with Crippen LogP contribution in [0.1, 0.15) is 74.7 Å². The molecule has 3 aromatic rings. The number of hydrogen-bond donors (Lipinski definition) is 3. The Balaban J connectivity index is 1.50. The van der Waals surface area contributed by atoms with E-state index in [1.807, 2.05) is 0 Å². The van der Waals surface area contributed by atoms with E-state index in [2.05, 4.69) is 14.7 Å². The molecule has 0 radical (unpaired) electrons. The number of fused-ring (bicyclic) bond motifs is 3. The quantitative estimate of drug-likeness (QED) is 0.458. The molecule has 0 atom stereocenters. The van der Waals surface area contributed by atoms with Crippen LogP contribution in [0.3, 0.4) is 0 Å². The second kappa shape index (κ2) is 9.54. The second-order valence-electron chi connectivity index (χ2n) is 9.70. The third kappa shape index (κ3) is 4.77. The summed E-state index contributed by atoms with van der Waals surface area (Å²) in [7, 11) is -3.66. The highest BCUT2D eigenvalue weighted by Crippen LogP contribution is 2.32. The number of nitrogens with two attached hydrogens (primary N) is 1. The lowest BCUT2D eigenvalue weighted by atomic mass is 9.90. The Morgan fingerprint density at radius 2 is 1.74 bits per heavy atom. The minimum Gasteiger partial charge on any atom is -0.477 e. The van der Waals surface area contributed by atoms with Crippen molar-refractivity contribution in [2.75, 3.05) is 6.61 Å². The topological polar surface area (TPSA) is 127 Å². The van der Waals surface area contributed by atoms with Crippen molar-refractivity contribution >= 4 is 37.7 Å². The summed E-state index contributed by atoms with van der Waals surface area (Å²) in [5.74, 6) is 0.154. The number of aromatic nitrogens is 2. The highest BCUT2D eigenvalue weighted by atomic mass is 32.2. The van der Waals surface area contributed by atoms with Crippen molar-refractivity contribution in [1.82, 2.24) is 14.7 Å². The van der Waals surface area contributed by atoms with Gasteiger partial charge in [0.2, 0.25) is 15.9 Å². The number of ether oxygens (including phenoxy) is 1. The maximum atomic E-state index is 13.1. The van der Waals surface area contributed by atoms with Gasteiger partial charge in [0.05, 0.1) is 17.0 Å². The number of carbonyl (C=O) groups excluding carboxylic acids is 1. The molecule has 2 saturated carbocycles. The van der Waals surface area contributed by atoms with Gasteiger partial charge in [-0.3, -0.25) is 4.79 Å². The lowest BCUT2D eigenvalue weighted by Crippen LogP contribution is -2.36. The van der Waals surface area contributed by atoms with Crippen molar-refractivity contribution in [2.45, 2.75) is 75.1 Å². The van der Waals surface area contributed by atoms with Crippen molar-refractivity contribution in [3.8, 4) is 5.88 Å². The number of hydrogen-bond acceptors (Lipinski definition) is 5. The molecule has 2 aliphatic rings. The normalized spacial score (nSPS) is 18.5. The van der Waals surface area contributed by atoms with Crippen molar-refractivity contribution in [1.29, 1.82) is 0 Å². The van der Waals surface area contributed by atoms with Crippen LogP contribution in [0.2, 0.25) is 0 Å². The molecule has 34 heavy (non-hydrogen) atoms. The Morgan fingerprint density at radius 1 is 1.03 bits per heavy atom. The fourth-order valence-electron chi connectivity index (χ4n) is 5.33. The number of pyridine rings is 1. The van der Waals surface area contributed by atoms with Crippen LogP contribution in [0.15, 0.2) is 29.2 Å². The highest BCUT2D eigenvalue weighted by molar-refractivity contribution is 7.89. The molecular formula is C25H32N4O4S. The van der Waals surface area contributed by atoms with Crippen molar-refractivity contribution in [3.63, 3.8) is 0 Å². The summed E-state index contributed by atoms with van der Waals surface area (Å²) < 4.78 is 35.0. The minimum atomic E-state index is -3.66. The number of primary amides is 1. The maximum Gasteiger partial charge on any atom is 0.269 e. The largest absolute Gasteiger partial charge is 0.477 e. The summed E-state index contributed by atoms with van der Waals surface area (Å²) in [5, 5.41) is 1.36. The Hall–Kier alpha value is -2.65. The smallest absolute Gasteiger partial charge is 0.269 e. The predicted octanol–water partition coefficient (Wildman–Crippen LogP) is 4.39. The summed E-state index contributed by atoms with van der Waals surface area (Å²) >= 11 is 0. The lowest BCUT2D eigenvalue weighted by molar-refractivity contribution is 0.0995. The number of rotatable bonds is 7. The molecule has 0 unspecified atom stereocenters. The van der Waals surface area contributed by atoms with Crippen molar-refractivity contribution in [2.24, 2.45) is 11.7 Å². The first-order chi connectivity index (χ1) is 16.4. The van der Waals surface area contributed by atoms with Gasteiger partial charge in [-0.1, -0.05) is 38.5 Å². The van der Waals surface area contributed by atoms with E-state index >= 15 is 0 Å². The zero-order valence-corrected chi connectivity index (χ0v) is 20.1. The van der Waals surface area contributed by atoms with Crippen LogP contribution in [0, 0.1) is 5.92 Å². The van der Waals surface area contributed by atoms with Crippen LogP contribution in [0.25, 0.3) is 21.8 Å². The number of nitrogens with zero attached hydrogens (tertiary/aromatic N) is 1. The second-order valence-corrected chi connectivity index (χ2v) is 11.4. The molecule has 1 amide bonds. The van der Waals surface area contributed by atoms with Gasteiger partial charge in [-0.2, -0.15) is 0 Å². The number of amides is 1. The van der Waals surface area contributed by atoms with Gasteiger partial charge in [0, 0.05) is 28.4 Å². The summed E-state index contributed by atoms with van der Waals surface area (Å²) in [6.07, 6.45) is 10.9. The van der Waals surface area contributed by atoms with Crippen LogP contribution >= 0.6 is 0 Å². The van der Waals surface area contributed by atoms with E-state index in [0.29, 0.717) is 40.2 Å². The van der Waals surface area contributed by atoms with Crippen LogP contribution in [-0.2, 0) is 10.0 Å². The van der Waals surface area contributed by atoms with E-state index in [4.69, 9.17) is 10.5 Å². The summed E-state index contributed by atoms with van der Waals surface area (Å²) in [6, 6.07) is 6.70. The summed E-state index contributed by atoms with van der Waals surface area (Å²) in [5.41, 5.74) is 6.92. The van der Waals surface area contributed by atoms with E-state index < -0.39 is 15.9 Å². The van der Waals surface area contributed by atoms with Crippen LogP contribution in [-0.4, -0.2) is 36.9 Å². The number of nitrogens with one attached hydrogen (secondary N) is 2. The third-order valence-electron chi connectivity index (χ3n) is 7.20. The predicted molar refractivity (Wildman–Crippen MR) is 131 cm³/mol. The molecule has 2 heterocycles. The molecule has 0 bridgehead atoms. The van der Waals surface area contributed by atoms with Gasteiger partial charge in [-0.25, -0.2) is 18.1 Å². The molecule has 0 aliphatic heterocycles. The summed E-state index contributed by atoms with van der Waals surface area (Å²) in [6.45, 7) is 0.546. The molecule has 9 heteroatoms. The standard InChI is InChI=1S/C25H32N4O4S/c26-25(30)24-23-20(14-22(28-24)33-15-16-7-3-1-4-8-16)19-13-18(11-12-21(19)27-23)34(31,32)29-17-9-5-2-6-10-17/h11-14,16-17,27,29H,1-10,15H2,(H2,26,30). The summed E-state index contributed by atoms with van der Waals surface area (Å²) in [4.78, 5) is 19.9. The molecule has 8 nitrogen and oxygen atoms in total. The van der Waals surface area contributed by atoms with Gasteiger partial charge >= 0.3 is 0 Å². The van der Waals surface area contributed by atoms with E-state index in [-0.39, 0.29) is 16.6 Å². The monoisotopic (exact) mass is 484 g/mol. The first kappa shape index (κ1) is 23.1. The molecule has 2 aromatic heterocycles. The van der Waals surface area contributed by atoms with Gasteiger partial charge in [-0.05, 0) is 49.8 Å². The van der Waals surface area contributed by atoms with Gasteiger partial charge in [0.1, 0.15) is 0 Å². The molecular weight excluding hydrogens is 452 g/mol. The first-order valence-corrected chi connectivity index (χ1v) is 13.8. The first-order valence-electron chi connectivity index (χ1n) is 12.3. The number of benzene rings is 1. The Kier molecular flexibility index (Phi) is 6.48. The molecule has 2 fully saturated rings. The van der Waals surface area contributed by atoms with E-state index in [1.165, 1.54) is 19.3 Å². The fraction of sp³-hybridized carbons (Fsp3) is 0.520. The third-order valence-corrected chi connectivity index (χ3v) is 8.72. The highest BCUT2D eigenvalue weighted by Gasteiger charge is 2.24. The molecule has 4 N–H and O–H groups in total. The van der Waals surface area contributed by atoms with Gasteiger partial charge in [-0.15, -0.1) is 0 Å². The Bertz CT molecular complexity index is 1310. The zero-order valence-electron chi connectivity index (χ0n) is 19.3. The number of H-pyrrole nitrogens is 1. The van der Waals surface area contributed by atoms with Crippen LogP contribution < -0.4 is 15.2 Å². The van der Waals surface area contributed by atoms with E-state index in [0.717, 1.165) is 44.9 Å². The van der Waals surface area contributed by atoms with Crippen molar-refractivity contribution < 1.29 is 17.9 Å². The van der Waals surface area contributed by atoms with E-state index in [9.17, 15) is 13.2 Å².